The Bertz CT molecular complexity index is 1110. The number of benzene rings is 1. The molecule has 1 aromatic carbocycles. The normalized spacial score (nSPS) is 10.6. The first-order chi connectivity index (χ1) is 13.6. The number of hydrogen-bond donors (Lipinski definition) is 1. The second kappa shape index (κ2) is 7.79. The Morgan fingerprint density at radius 2 is 2.00 bits per heavy atom. The number of hydrogen-bond acceptors (Lipinski definition) is 6. The van der Waals surface area contributed by atoms with Gasteiger partial charge >= 0.3 is 0 Å². The zero-order valence-electron chi connectivity index (χ0n) is 14.7. The molecule has 0 aliphatic carbocycles. The number of rotatable bonds is 5. The molecule has 7 nitrogen and oxygen atoms in total. The SMILES string of the molecule is Cn1cc(-c2nc(C(=O)Nc3ccc(Oc4ccc(Cl)cc4)nc3)cs2)cn1. The van der Waals surface area contributed by atoms with Crippen molar-refractivity contribution in [2.75, 3.05) is 5.32 Å². The summed E-state index contributed by atoms with van der Waals surface area (Å²) in [5, 5.41) is 9.97. The largest absolute Gasteiger partial charge is 0.439 e. The molecule has 0 fully saturated rings. The standard InChI is InChI=1S/C19H14ClN5O2S/c1-25-10-12(8-22-25)19-24-16(11-28-19)18(26)23-14-4-7-17(21-9-14)27-15-5-2-13(20)3-6-15/h2-11H,1H3,(H,23,26). The van der Waals surface area contributed by atoms with E-state index in [0.29, 0.717) is 28.0 Å². The fraction of sp³-hybridized carbons (Fsp3) is 0.0526. The zero-order chi connectivity index (χ0) is 19.5. The van der Waals surface area contributed by atoms with Gasteiger partial charge in [-0.15, -0.1) is 11.3 Å². The average molecular weight is 412 g/mol. The van der Waals surface area contributed by atoms with Crippen molar-refractivity contribution in [1.82, 2.24) is 19.7 Å². The number of aromatic nitrogens is 4. The summed E-state index contributed by atoms with van der Waals surface area (Å²) in [4.78, 5) is 21.0. The van der Waals surface area contributed by atoms with Gasteiger partial charge in [0.1, 0.15) is 16.5 Å². The highest BCUT2D eigenvalue weighted by molar-refractivity contribution is 7.13. The summed E-state index contributed by atoms with van der Waals surface area (Å²) in [6, 6.07) is 10.4. The Morgan fingerprint density at radius 1 is 1.18 bits per heavy atom. The quantitative estimate of drug-likeness (QED) is 0.517. The smallest absolute Gasteiger partial charge is 0.275 e. The summed E-state index contributed by atoms with van der Waals surface area (Å²) < 4.78 is 7.32. The number of pyridine rings is 1. The molecule has 140 valence electrons. The maximum atomic E-state index is 12.4. The lowest BCUT2D eigenvalue weighted by molar-refractivity contribution is 0.102. The number of anilines is 1. The molecule has 0 radical (unpaired) electrons. The van der Waals surface area contributed by atoms with Gasteiger partial charge in [0, 0.05) is 35.3 Å². The van der Waals surface area contributed by atoms with E-state index >= 15 is 0 Å². The van der Waals surface area contributed by atoms with E-state index in [-0.39, 0.29) is 5.91 Å². The maximum absolute atomic E-state index is 12.4. The lowest BCUT2D eigenvalue weighted by Gasteiger charge is -2.06. The topological polar surface area (TPSA) is 81.9 Å². The van der Waals surface area contributed by atoms with Crippen LogP contribution in [0.25, 0.3) is 10.6 Å². The lowest BCUT2D eigenvalue weighted by atomic mass is 10.3. The Hall–Kier alpha value is -3.23. The Labute approximate surface area is 169 Å². The van der Waals surface area contributed by atoms with Crippen LogP contribution in [0.15, 0.2) is 60.4 Å². The van der Waals surface area contributed by atoms with Crippen LogP contribution in [0.5, 0.6) is 11.6 Å². The van der Waals surface area contributed by atoms with Crippen molar-refractivity contribution in [3.05, 3.63) is 71.1 Å². The van der Waals surface area contributed by atoms with Crippen LogP contribution < -0.4 is 10.1 Å². The van der Waals surface area contributed by atoms with Gasteiger partial charge in [-0.1, -0.05) is 11.6 Å². The number of halogens is 1. The molecule has 0 unspecified atom stereocenters. The monoisotopic (exact) mass is 411 g/mol. The Balaban J connectivity index is 1.40. The van der Waals surface area contributed by atoms with Crippen LogP contribution in [0.2, 0.25) is 5.02 Å². The van der Waals surface area contributed by atoms with Gasteiger partial charge in [0.05, 0.1) is 18.1 Å². The third kappa shape index (κ3) is 4.19. The Morgan fingerprint density at radius 3 is 2.68 bits per heavy atom. The predicted octanol–water partition coefficient (Wildman–Crippen LogP) is 4.64. The van der Waals surface area contributed by atoms with Crippen molar-refractivity contribution >= 4 is 34.5 Å². The molecule has 0 spiro atoms. The number of nitrogens with one attached hydrogen (secondary N) is 1. The zero-order valence-corrected chi connectivity index (χ0v) is 16.2. The highest BCUT2D eigenvalue weighted by atomic mass is 35.5. The van der Waals surface area contributed by atoms with Crippen molar-refractivity contribution in [3.63, 3.8) is 0 Å². The minimum Gasteiger partial charge on any atom is -0.439 e. The van der Waals surface area contributed by atoms with E-state index in [4.69, 9.17) is 16.3 Å². The molecule has 0 atom stereocenters. The number of carbonyl (C=O) groups is 1. The number of ether oxygens (including phenoxy) is 1. The van der Waals surface area contributed by atoms with Crippen LogP contribution in [-0.4, -0.2) is 25.7 Å². The molecule has 3 aromatic heterocycles. The Kier molecular flexibility index (Phi) is 5.05. The number of thiazole rings is 1. The van der Waals surface area contributed by atoms with Crippen LogP contribution in [0, 0.1) is 0 Å². The van der Waals surface area contributed by atoms with Gasteiger partial charge in [-0.2, -0.15) is 5.10 Å². The van der Waals surface area contributed by atoms with E-state index in [1.165, 1.54) is 17.5 Å². The van der Waals surface area contributed by atoms with E-state index in [1.54, 1.807) is 52.7 Å². The van der Waals surface area contributed by atoms with E-state index in [9.17, 15) is 4.79 Å². The molecule has 1 amide bonds. The molecule has 9 heteroatoms. The second-order valence-electron chi connectivity index (χ2n) is 5.84. The molecular weight excluding hydrogens is 398 g/mol. The van der Waals surface area contributed by atoms with Crippen molar-refractivity contribution in [2.45, 2.75) is 0 Å². The molecule has 0 bridgehead atoms. The third-order valence-electron chi connectivity index (χ3n) is 3.72. The average Bonchev–Trinajstić information content (AvgIpc) is 3.34. The van der Waals surface area contributed by atoms with Gasteiger partial charge in [0.25, 0.3) is 5.91 Å². The first kappa shape index (κ1) is 18.1. The van der Waals surface area contributed by atoms with Gasteiger partial charge in [-0.25, -0.2) is 9.97 Å². The van der Waals surface area contributed by atoms with Crippen LogP contribution in [-0.2, 0) is 7.05 Å². The summed E-state index contributed by atoms with van der Waals surface area (Å²) in [6.07, 6.45) is 5.09. The fourth-order valence-electron chi connectivity index (χ4n) is 2.38. The number of nitrogens with zero attached hydrogens (tertiary/aromatic N) is 4. The van der Waals surface area contributed by atoms with Gasteiger partial charge in [-0.3, -0.25) is 9.48 Å². The molecule has 3 heterocycles. The molecular formula is C19H14ClN5O2S. The second-order valence-corrected chi connectivity index (χ2v) is 7.13. The number of aryl methyl sites for hydroxylation is 1. The van der Waals surface area contributed by atoms with Crippen LogP contribution >= 0.6 is 22.9 Å². The summed E-state index contributed by atoms with van der Waals surface area (Å²) in [5.41, 5.74) is 1.76. The van der Waals surface area contributed by atoms with E-state index in [2.05, 4.69) is 20.4 Å². The van der Waals surface area contributed by atoms with Crippen molar-refractivity contribution in [3.8, 4) is 22.2 Å². The van der Waals surface area contributed by atoms with Crippen molar-refractivity contribution in [2.24, 2.45) is 7.05 Å². The van der Waals surface area contributed by atoms with Gasteiger partial charge in [0.15, 0.2) is 0 Å². The summed E-state index contributed by atoms with van der Waals surface area (Å²) >= 11 is 7.24. The van der Waals surface area contributed by atoms with E-state index < -0.39 is 0 Å². The molecule has 0 aliphatic heterocycles. The molecule has 0 saturated carbocycles. The number of amides is 1. The first-order valence-electron chi connectivity index (χ1n) is 8.22. The third-order valence-corrected chi connectivity index (χ3v) is 4.86. The summed E-state index contributed by atoms with van der Waals surface area (Å²) in [6.45, 7) is 0. The molecule has 4 aromatic rings. The number of carbonyl (C=O) groups excluding carboxylic acids is 1. The predicted molar refractivity (Wildman–Crippen MR) is 108 cm³/mol. The summed E-state index contributed by atoms with van der Waals surface area (Å²) in [5.74, 6) is 0.728. The minimum absolute atomic E-state index is 0.306. The van der Waals surface area contributed by atoms with Gasteiger partial charge in [0.2, 0.25) is 5.88 Å². The highest BCUT2D eigenvalue weighted by Crippen LogP contribution is 2.24. The molecule has 4 rings (SSSR count). The van der Waals surface area contributed by atoms with Gasteiger partial charge in [-0.05, 0) is 30.3 Å². The van der Waals surface area contributed by atoms with Crippen LogP contribution in [0.3, 0.4) is 0 Å². The molecule has 0 saturated heterocycles. The summed E-state index contributed by atoms with van der Waals surface area (Å²) in [7, 11) is 1.83. The maximum Gasteiger partial charge on any atom is 0.275 e. The van der Waals surface area contributed by atoms with E-state index in [0.717, 1.165) is 10.6 Å². The first-order valence-corrected chi connectivity index (χ1v) is 9.48. The highest BCUT2D eigenvalue weighted by Gasteiger charge is 2.13. The van der Waals surface area contributed by atoms with E-state index in [1.807, 2.05) is 13.2 Å². The molecule has 0 aliphatic rings. The lowest BCUT2D eigenvalue weighted by Crippen LogP contribution is -2.12. The molecule has 1 N–H and O–H groups in total. The van der Waals surface area contributed by atoms with Crippen LogP contribution in [0.1, 0.15) is 10.5 Å². The van der Waals surface area contributed by atoms with Crippen molar-refractivity contribution < 1.29 is 9.53 Å². The minimum atomic E-state index is -0.306. The van der Waals surface area contributed by atoms with Gasteiger partial charge < -0.3 is 10.1 Å². The molecule has 28 heavy (non-hydrogen) atoms. The van der Waals surface area contributed by atoms with Crippen molar-refractivity contribution in [1.29, 1.82) is 0 Å². The van der Waals surface area contributed by atoms with Crippen LogP contribution in [0.4, 0.5) is 5.69 Å². The fourth-order valence-corrected chi connectivity index (χ4v) is 3.28.